The molecule has 0 radical (unpaired) electrons. The van der Waals surface area contributed by atoms with E-state index < -0.39 is 0 Å². The molecule has 1 aromatic rings. The number of nitrogens with one attached hydrogen (secondary N) is 1. The van der Waals surface area contributed by atoms with Crippen molar-refractivity contribution in [3.8, 4) is 0 Å². The van der Waals surface area contributed by atoms with Gasteiger partial charge in [-0.05, 0) is 25.9 Å². The molecule has 0 saturated carbocycles. The van der Waals surface area contributed by atoms with Crippen LogP contribution in [-0.4, -0.2) is 43.4 Å². The summed E-state index contributed by atoms with van der Waals surface area (Å²) in [6.07, 6.45) is 4.12. The standard InChI is InChI=1S/C11H17N3OS/c1-3-12-4-2-11(1)9-14(6-7-15-11)10-13-5-8-16-10/h5,8,12H,1-4,6-7,9H2. The van der Waals surface area contributed by atoms with E-state index in [0.29, 0.717) is 0 Å². The van der Waals surface area contributed by atoms with Crippen molar-refractivity contribution in [2.24, 2.45) is 0 Å². The van der Waals surface area contributed by atoms with Crippen LogP contribution >= 0.6 is 11.3 Å². The summed E-state index contributed by atoms with van der Waals surface area (Å²) in [5.41, 5.74) is 0.0785. The number of morpholine rings is 1. The van der Waals surface area contributed by atoms with Crippen molar-refractivity contribution < 1.29 is 4.74 Å². The zero-order valence-electron chi connectivity index (χ0n) is 9.32. The van der Waals surface area contributed by atoms with E-state index in [9.17, 15) is 0 Å². The normalized spacial score (nSPS) is 24.9. The van der Waals surface area contributed by atoms with Gasteiger partial charge in [-0.15, -0.1) is 11.3 Å². The van der Waals surface area contributed by atoms with E-state index in [1.165, 1.54) is 0 Å². The minimum Gasteiger partial charge on any atom is -0.371 e. The molecule has 5 heteroatoms. The molecule has 2 fully saturated rings. The van der Waals surface area contributed by atoms with E-state index in [0.717, 1.165) is 50.8 Å². The van der Waals surface area contributed by atoms with Gasteiger partial charge in [0.05, 0.1) is 12.2 Å². The van der Waals surface area contributed by atoms with Gasteiger partial charge < -0.3 is 15.0 Å². The predicted octanol–water partition coefficient (Wildman–Crippen LogP) is 1.10. The quantitative estimate of drug-likeness (QED) is 0.796. The predicted molar refractivity (Wildman–Crippen MR) is 65.1 cm³/mol. The van der Waals surface area contributed by atoms with Crippen LogP contribution in [0, 0.1) is 0 Å². The summed E-state index contributed by atoms with van der Waals surface area (Å²) in [7, 11) is 0. The fourth-order valence-electron chi connectivity index (χ4n) is 2.57. The van der Waals surface area contributed by atoms with Crippen LogP contribution in [0.25, 0.3) is 0 Å². The number of anilines is 1. The van der Waals surface area contributed by atoms with Gasteiger partial charge in [0, 0.05) is 24.7 Å². The van der Waals surface area contributed by atoms with Gasteiger partial charge in [0.1, 0.15) is 0 Å². The van der Waals surface area contributed by atoms with Crippen molar-refractivity contribution in [3.63, 3.8) is 0 Å². The van der Waals surface area contributed by atoms with Crippen molar-refractivity contribution in [1.29, 1.82) is 0 Å². The molecule has 2 aliphatic rings. The summed E-state index contributed by atoms with van der Waals surface area (Å²) >= 11 is 1.72. The molecule has 0 unspecified atom stereocenters. The molecule has 1 N–H and O–H groups in total. The number of ether oxygens (including phenoxy) is 1. The van der Waals surface area contributed by atoms with Gasteiger partial charge in [-0.25, -0.2) is 4.98 Å². The molecule has 0 aromatic carbocycles. The second-order valence-corrected chi connectivity index (χ2v) is 5.39. The molecule has 2 saturated heterocycles. The van der Waals surface area contributed by atoms with E-state index in [-0.39, 0.29) is 5.60 Å². The van der Waals surface area contributed by atoms with Crippen LogP contribution in [0.4, 0.5) is 5.13 Å². The van der Waals surface area contributed by atoms with Gasteiger partial charge in [0.2, 0.25) is 0 Å². The van der Waals surface area contributed by atoms with Crippen LogP contribution in [0.3, 0.4) is 0 Å². The molecule has 1 spiro atoms. The molecule has 2 aliphatic heterocycles. The van der Waals surface area contributed by atoms with Gasteiger partial charge in [0.15, 0.2) is 5.13 Å². The highest BCUT2D eigenvalue weighted by Gasteiger charge is 2.38. The first kappa shape index (κ1) is 10.5. The summed E-state index contributed by atoms with van der Waals surface area (Å²) in [5, 5.41) is 6.58. The first-order valence-corrected chi connectivity index (χ1v) is 6.75. The Hall–Kier alpha value is -0.650. The van der Waals surface area contributed by atoms with E-state index in [2.05, 4.69) is 15.2 Å². The Morgan fingerprint density at radius 1 is 1.44 bits per heavy atom. The Morgan fingerprint density at radius 3 is 3.06 bits per heavy atom. The minimum atomic E-state index is 0.0785. The maximum absolute atomic E-state index is 6.03. The lowest BCUT2D eigenvalue weighted by atomic mass is 9.90. The molecular formula is C11H17N3OS. The number of thiazole rings is 1. The number of nitrogens with zero attached hydrogens (tertiary/aromatic N) is 2. The van der Waals surface area contributed by atoms with Crippen molar-refractivity contribution in [3.05, 3.63) is 11.6 Å². The third-order valence-corrected chi connectivity index (χ3v) is 4.29. The van der Waals surface area contributed by atoms with Crippen LogP contribution in [0.1, 0.15) is 12.8 Å². The molecule has 4 nitrogen and oxygen atoms in total. The van der Waals surface area contributed by atoms with Gasteiger partial charge in [-0.3, -0.25) is 0 Å². The smallest absolute Gasteiger partial charge is 0.185 e. The zero-order valence-corrected chi connectivity index (χ0v) is 10.1. The van der Waals surface area contributed by atoms with E-state index in [1.54, 1.807) is 11.3 Å². The van der Waals surface area contributed by atoms with Crippen molar-refractivity contribution in [1.82, 2.24) is 10.3 Å². The van der Waals surface area contributed by atoms with E-state index in [4.69, 9.17) is 4.74 Å². The summed E-state index contributed by atoms with van der Waals surface area (Å²) < 4.78 is 6.03. The summed E-state index contributed by atoms with van der Waals surface area (Å²) in [5.74, 6) is 0. The molecule has 1 aromatic heterocycles. The molecule has 0 aliphatic carbocycles. The lowest BCUT2D eigenvalue weighted by molar-refractivity contribution is -0.0738. The maximum atomic E-state index is 6.03. The average Bonchev–Trinajstić information content (AvgIpc) is 2.83. The third-order valence-electron chi connectivity index (χ3n) is 3.45. The molecule has 0 atom stereocenters. The van der Waals surface area contributed by atoms with E-state index in [1.807, 2.05) is 11.6 Å². The highest BCUT2D eigenvalue weighted by Crippen LogP contribution is 2.30. The van der Waals surface area contributed by atoms with Crippen LogP contribution in [0.15, 0.2) is 11.6 Å². The molecule has 16 heavy (non-hydrogen) atoms. The minimum absolute atomic E-state index is 0.0785. The Morgan fingerprint density at radius 2 is 2.31 bits per heavy atom. The fraction of sp³-hybridized carbons (Fsp3) is 0.727. The number of aromatic nitrogens is 1. The average molecular weight is 239 g/mol. The molecule has 0 bridgehead atoms. The molecular weight excluding hydrogens is 222 g/mol. The van der Waals surface area contributed by atoms with Gasteiger partial charge in [0.25, 0.3) is 0 Å². The Balaban J connectivity index is 1.74. The lowest BCUT2D eigenvalue weighted by Crippen LogP contribution is -2.56. The SMILES string of the molecule is c1csc(N2CCOC3(CCNCC3)C2)n1. The largest absolute Gasteiger partial charge is 0.371 e. The van der Waals surface area contributed by atoms with Crippen molar-refractivity contribution in [2.75, 3.05) is 37.7 Å². The topological polar surface area (TPSA) is 37.4 Å². The highest BCUT2D eigenvalue weighted by atomic mass is 32.1. The number of hydrogen-bond donors (Lipinski definition) is 1. The first-order valence-electron chi connectivity index (χ1n) is 5.87. The second-order valence-electron chi connectivity index (χ2n) is 4.52. The maximum Gasteiger partial charge on any atom is 0.185 e. The van der Waals surface area contributed by atoms with Crippen molar-refractivity contribution >= 4 is 16.5 Å². The third kappa shape index (κ3) is 1.95. The number of rotatable bonds is 1. The monoisotopic (exact) mass is 239 g/mol. The lowest BCUT2D eigenvalue weighted by Gasteiger charge is -2.45. The fourth-order valence-corrected chi connectivity index (χ4v) is 3.24. The van der Waals surface area contributed by atoms with Crippen molar-refractivity contribution in [2.45, 2.75) is 18.4 Å². The Bertz CT molecular complexity index is 329. The summed E-state index contributed by atoms with van der Waals surface area (Å²) in [6.45, 7) is 4.96. The summed E-state index contributed by atoms with van der Waals surface area (Å²) in [4.78, 5) is 6.77. The summed E-state index contributed by atoms with van der Waals surface area (Å²) in [6, 6.07) is 0. The molecule has 88 valence electrons. The van der Waals surface area contributed by atoms with Crippen LogP contribution < -0.4 is 10.2 Å². The van der Waals surface area contributed by atoms with Crippen LogP contribution in [0.2, 0.25) is 0 Å². The molecule has 3 heterocycles. The van der Waals surface area contributed by atoms with Crippen LogP contribution in [0.5, 0.6) is 0 Å². The number of piperidine rings is 1. The zero-order chi connectivity index (χ0) is 10.8. The number of hydrogen-bond acceptors (Lipinski definition) is 5. The highest BCUT2D eigenvalue weighted by molar-refractivity contribution is 7.13. The van der Waals surface area contributed by atoms with Gasteiger partial charge in [-0.2, -0.15) is 0 Å². The molecule has 0 amide bonds. The Kier molecular flexibility index (Phi) is 2.83. The first-order chi connectivity index (χ1) is 7.88. The van der Waals surface area contributed by atoms with E-state index >= 15 is 0 Å². The molecule has 3 rings (SSSR count). The van der Waals surface area contributed by atoms with Gasteiger partial charge in [-0.1, -0.05) is 0 Å². The van der Waals surface area contributed by atoms with Crippen LogP contribution in [-0.2, 0) is 4.74 Å². The van der Waals surface area contributed by atoms with Gasteiger partial charge >= 0.3 is 0 Å². The Labute approximate surface area is 99.6 Å². The second kappa shape index (κ2) is 4.31.